The van der Waals surface area contributed by atoms with Crippen LogP contribution < -0.4 is 16.4 Å². The molecule has 0 amide bonds. The largest absolute Gasteiger partial charge is 0.350 e. The van der Waals surface area contributed by atoms with Gasteiger partial charge in [-0.15, -0.1) is 0 Å². The van der Waals surface area contributed by atoms with Crippen molar-refractivity contribution in [3.8, 4) is 0 Å². The zero-order valence-electron chi connectivity index (χ0n) is 16.8. The summed E-state index contributed by atoms with van der Waals surface area (Å²) in [5.74, 6) is 1.31. The van der Waals surface area contributed by atoms with E-state index in [-0.39, 0.29) is 18.1 Å². The fourth-order valence-electron chi connectivity index (χ4n) is 3.81. The maximum absolute atomic E-state index is 6.32. The quantitative estimate of drug-likeness (QED) is 0.617. The van der Waals surface area contributed by atoms with Crippen molar-refractivity contribution >= 4 is 28.6 Å². The Bertz CT molecular complexity index is 963. The predicted molar refractivity (Wildman–Crippen MR) is 114 cm³/mol. The molecule has 148 valence electrons. The molecule has 0 bridgehead atoms. The molecule has 7 heteroatoms. The molecular weight excluding hydrogens is 350 g/mol. The molecule has 0 aliphatic heterocycles. The average Bonchev–Trinajstić information content (AvgIpc) is 3.08. The number of hydrogen-bond acceptors (Lipinski definition) is 6. The number of nitrogens with zero attached hydrogens (tertiary/aromatic N) is 4. The average molecular weight is 380 g/mol. The van der Waals surface area contributed by atoms with Gasteiger partial charge in [-0.3, -0.25) is 0 Å². The van der Waals surface area contributed by atoms with Crippen LogP contribution in [0.4, 0.5) is 17.5 Å². The first-order valence-electron chi connectivity index (χ1n) is 10.1. The van der Waals surface area contributed by atoms with Crippen molar-refractivity contribution < 1.29 is 0 Å². The number of anilines is 3. The summed E-state index contributed by atoms with van der Waals surface area (Å²) in [6.07, 6.45) is 6.30. The molecule has 1 aliphatic rings. The van der Waals surface area contributed by atoms with Crippen molar-refractivity contribution in [3.63, 3.8) is 0 Å². The lowest BCUT2D eigenvalue weighted by Crippen LogP contribution is -2.43. The number of benzene rings is 1. The molecule has 1 aromatic carbocycles. The second kappa shape index (κ2) is 7.75. The molecule has 4 rings (SSSR count). The summed E-state index contributed by atoms with van der Waals surface area (Å²) in [7, 11) is 0. The number of aryl methyl sites for hydroxylation is 1. The molecule has 28 heavy (non-hydrogen) atoms. The number of aromatic nitrogens is 4. The minimum Gasteiger partial charge on any atom is -0.350 e. The van der Waals surface area contributed by atoms with E-state index in [0.717, 1.165) is 29.7 Å². The Morgan fingerprint density at radius 1 is 1.18 bits per heavy atom. The van der Waals surface area contributed by atoms with E-state index in [9.17, 15) is 0 Å². The van der Waals surface area contributed by atoms with Crippen molar-refractivity contribution in [2.24, 2.45) is 5.73 Å². The zero-order chi connectivity index (χ0) is 19.7. The van der Waals surface area contributed by atoms with Crippen molar-refractivity contribution in [2.75, 3.05) is 10.6 Å². The SMILES string of the molecule is Cc1cccc(Nc2nc(N[C@@H]3CCCC[C@@H]3N)nc3c2ncn3C(C)C)c1. The summed E-state index contributed by atoms with van der Waals surface area (Å²) >= 11 is 0. The third kappa shape index (κ3) is 3.80. The highest BCUT2D eigenvalue weighted by Crippen LogP contribution is 2.27. The van der Waals surface area contributed by atoms with Crippen molar-refractivity contribution in [1.29, 1.82) is 0 Å². The predicted octanol–water partition coefficient (Wildman–Crippen LogP) is 4.14. The molecule has 0 spiro atoms. The minimum atomic E-state index is 0.135. The number of imidazole rings is 1. The van der Waals surface area contributed by atoms with Gasteiger partial charge in [-0.25, -0.2) is 4.98 Å². The third-order valence-electron chi connectivity index (χ3n) is 5.39. The van der Waals surface area contributed by atoms with E-state index in [1.54, 1.807) is 0 Å². The second-order valence-electron chi connectivity index (χ2n) is 8.01. The highest BCUT2D eigenvalue weighted by atomic mass is 15.2. The molecule has 2 atom stereocenters. The van der Waals surface area contributed by atoms with Crippen molar-refractivity contribution in [2.45, 2.75) is 64.6 Å². The molecule has 0 radical (unpaired) electrons. The van der Waals surface area contributed by atoms with Gasteiger partial charge in [0.25, 0.3) is 0 Å². The van der Waals surface area contributed by atoms with Gasteiger partial charge in [-0.2, -0.15) is 9.97 Å². The Hall–Kier alpha value is -2.67. The highest BCUT2D eigenvalue weighted by Gasteiger charge is 2.23. The van der Waals surface area contributed by atoms with Crippen LogP contribution in [0.5, 0.6) is 0 Å². The van der Waals surface area contributed by atoms with Crippen LogP contribution in [0, 0.1) is 6.92 Å². The smallest absolute Gasteiger partial charge is 0.227 e. The second-order valence-corrected chi connectivity index (χ2v) is 8.01. The van der Waals surface area contributed by atoms with Crippen LogP contribution >= 0.6 is 0 Å². The Morgan fingerprint density at radius 2 is 2.00 bits per heavy atom. The molecule has 2 aromatic heterocycles. The first kappa shape index (κ1) is 18.7. The fraction of sp³-hybridized carbons (Fsp3) is 0.476. The van der Waals surface area contributed by atoms with Crippen LogP contribution in [0.2, 0.25) is 0 Å². The van der Waals surface area contributed by atoms with Gasteiger partial charge >= 0.3 is 0 Å². The van der Waals surface area contributed by atoms with Gasteiger partial charge < -0.3 is 20.9 Å². The van der Waals surface area contributed by atoms with E-state index in [4.69, 9.17) is 15.7 Å². The minimum absolute atomic E-state index is 0.135. The molecule has 2 heterocycles. The summed E-state index contributed by atoms with van der Waals surface area (Å²) < 4.78 is 2.07. The molecule has 0 saturated heterocycles. The van der Waals surface area contributed by atoms with Crippen LogP contribution in [-0.4, -0.2) is 31.6 Å². The van der Waals surface area contributed by atoms with Gasteiger partial charge in [0.15, 0.2) is 17.0 Å². The van der Waals surface area contributed by atoms with E-state index < -0.39 is 0 Å². The summed E-state index contributed by atoms with van der Waals surface area (Å²) in [4.78, 5) is 14.1. The molecule has 0 unspecified atom stereocenters. The molecule has 1 aliphatic carbocycles. The maximum Gasteiger partial charge on any atom is 0.227 e. The van der Waals surface area contributed by atoms with Gasteiger partial charge in [0.05, 0.1) is 6.33 Å². The van der Waals surface area contributed by atoms with Gasteiger partial charge in [0.2, 0.25) is 5.95 Å². The Morgan fingerprint density at radius 3 is 2.75 bits per heavy atom. The summed E-state index contributed by atoms with van der Waals surface area (Å²) in [5, 5.41) is 6.92. The lowest BCUT2D eigenvalue weighted by atomic mass is 9.91. The zero-order valence-corrected chi connectivity index (χ0v) is 16.8. The summed E-state index contributed by atoms with van der Waals surface area (Å²) in [6.45, 7) is 6.33. The van der Waals surface area contributed by atoms with Crippen molar-refractivity contribution in [1.82, 2.24) is 19.5 Å². The van der Waals surface area contributed by atoms with Gasteiger partial charge in [-0.1, -0.05) is 25.0 Å². The maximum atomic E-state index is 6.32. The normalized spacial score (nSPS) is 19.9. The molecule has 1 fully saturated rings. The van der Waals surface area contributed by atoms with E-state index in [1.165, 1.54) is 18.4 Å². The molecule has 4 N–H and O–H groups in total. The van der Waals surface area contributed by atoms with Crippen LogP contribution in [0.25, 0.3) is 11.2 Å². The number of rotatable bonds is 5. The van der Waals surface area contributed by atoms with Gasteiger partial charge in [0, 0.05) is 23.8 Å². The summed E-state index contributed by atoms with van der Waals surface area (Å²) in [6, 6.07) is 8.83. The lowest BCUT2D eigenvalue weighted by molar-refractivity contribution is 0.402. The number of nitrogens with two attached hydrogens (primary N) is 1. The lowest BCUT2D eigenvalue weighted by Gasteiger charge is -2.29. The number of hydrogen-bond donors (Lipinski definition) is 3. The molecule has 1 saturated carbocycles. The van der Waals surface area contributed by atoms with Gasteiger partial charge in [-0.05, 0) is 51.3 Å². The monoisotopic (exact) mass is 379 g/mol. The first-order chi connectivity index (χ1) is 13.5. The standard InChI is InChI=1S/C21H29N7/c1-13(2)28-12-23-18-19(24-15-8-6-7-14(3)11-15)26-21(27-20(18)28)25-17-10-5-4-9-16(17)22/h6-8,11-13,16-17H,4-5,9-10,22H2,1-3H3,(H2,24,25,26,27)/t16-,17+/m0/s1. The summed E-state index contributed by atoms with van der Waals surface area (Å²) in [5.41, 5.74) is 10.1. The number of fused-ring (bicyclic) bond motifs is 1. The molecular formula is C21H29N7. The van der Waals surface area contributed by atoms with Gasteiger partial charge in [0.1, 0.15) is 0 Å². The number of nitrogens with one attached hydrogen (secondary N) is 2. The van der Waals surface area contributed by atoms with Crippen molar-refractivity contribution in [3.05, 3.63) is 36.2 Å². The topological polar surface area (TPSA) is 93.7 Å². The Labute approximate surface area is 165 Å². The molecule has 3 aromatic rings. The van der Waals surface area contributed by atoms with E-state index in [2.05, 4.69) is 53.1 Å². The van der Waals surface area contributed by atoms with E-state index in [0.29, 0.717) is 11.8 Å². The van der Waals surface area contributed by atoms with Crippen LogP contribution in [0.1, 0.15) is 51.1 Å². The van der Waals surface area contributed by atoms with Crippen LogP contribution in [0.15, 0.2) is 30.6 Å². The van der Waals surface area contributed by atoms with E-state index >= 15 is 0 Å². The Balaban J connectivity index is 1.74. The van der Waals surface area contributed by atoms with Crippen LogP contribution in [-0.2, 0) is 0 Å². The Kier molecular flexibility index (Phi) is 5.17. The molecule has 7 nitrogen and oxygen atoms in total. The van der Waals surface area contributed by atoms with Crippen LogP contribution in [0.3, 0.4) is 0 Å². The fourth-order valence-corrected chi connectivity index (χ4v) is 3.81. The first-order valence-corrected chi connectivity index (χ1v) is 10.1. The van der Waals surface area contributed by atoms with E-state index in [1.807, 2.05) is 18.5 Å². The third-order valence-corrected chi connectivity index (χ3v) is 5.39. The highest BCUT2D eigenvalue weighted by molar-refractivity contribution is 5.86.